The van der Waals surface area contributed by atoms with E-state index in [1.807, 2.05) is 0 Å². The summed E-state index contributed by atoms with van der Waals surface area (Å²) in [6, 6.07) is 0.494. The second-order valence-electron chi connectivity index (χ2n) is 5.23. The molecule has 0 saturated heterocycles. The number of hydrogen-bond acceptors (Lipinski definition) is 2. The second kappa shape index (κ2) is 5.13. The first-order valence-electron chi connectivity index (χ1n) is 6.31. The van der Waals surface area contributed by atoms with Crippen LogP contribution in [0.15, 0.2) is 0 Å². The first-order valence-corrected chi connectivity index (χ1v) is 6.31. The van der Waals surface area contributed by atoms with Crippen molar-refractivity contribution in [2.75, 3.05) is 13.1 Å². The maximum atomic E-state index is 5.88. The molecule has 0 bridgehead atoms. The second-order valence-corrected chi connectivity index (χ2v) is 5.23. The van der Waals surface area contributed by atoms with Gasteiger partial charge in [-0.2, -0.15) is 0 Å². The summed E-state index contributed by atoms with van der Waals surface area (Å²) in [5, 5.41) is 3.59. The molecule has 0 aromatic carbocycles. The fourth-order valence-corrected chi connectivity index (χ4v) is 2.69. The summed E-state index contributed by atoms with van der Waals surface area (Å²) in [5.41, 5.74) is 5.88. The first-order chi connectivity index (χ1) is 6.84. The van der Waals surface area contributed by atoms with Crippen LogP contribution in [0.25, 0.3) is 0 Å². The van der Waals surface area contributed by atoms with Gasteiger partial charge in [0.05, 0.1) is 0 Å². The van der Waals surface area contributed by atoms with Crippen LogP contribution in [0.2, 0.25) is 0 Å². The average molecular weight is 196 g/mol. The lowest BCUT2D eigenvalue weighted by molar-refractivity contribution is 0.289. The predicted octanol–water partition coefficient (Wildman–Crippen LogP) is 1.89. The highest BCUT2D eigenvalue weighted by Gasteiger charge is 2.21. The van der Waals surface area contributed by atoms with Gasteiger partial charge in [-0.05, 0) is 50.6 Å². The van der Waals surface area contributed by atoms with E-state index in [2.05, 4.69) is 5.32 Å². The van der Waals surface area contributed by atoms with Crippen LogP contribution in [0.3, 0.4) is 0 Å². The summed E-state index contributed by atoms with van der Waals surface area (Å²) in [5.74, 6) is 1.92. The summed E-state index contributed by atoms with van der Waals surface area (Å²) in [7, 11) is 0. The maximum absolute atomic E-state index is 5.88. The third-order valence-electron chi connectivity index (χ3n) is 3.97. The van der Waals surface area contributed by atoms with Crippen molar-refractivity contribution in [3.63, 3.8) is 0 Å². The molecule has 2 saturated carbocycles. The molecule has 0 aliphatic heterocycles. The number of hydrogen-bond donors (Lipinski definition) is 2. The van der Waals surface area contributed by atoms with Gasteiger partial charge in [0, 0.05) is 6.04 Å². The molecule has 2 atom stereocenters. The van der Waals surface area contributed by atoms with E-state index < -0.39 is 0 Å². The fourth-order valence-electron chi connectivity index (χ4n) is 2.69. The van der Waals surface area contributed by atoms with E-state index in [1.54, 1.807) is 0 Å². The SMILES string of the molecule is NC1CCC(CNCCC2CCC2)C1. The van der Waals surface area contributed by atoms with Gasteiger partial charge in [-0.1, -0.05) is 19.3 Å². The summed E-state index contributed by atoms with van der Waals surface area (Å²) in [6.45, 7) is 2.44. The Morgan fingerprint density at radius 3 is 2.50 bits per heavy atom. The standard InChI is InChI=1S/C12H24N2/c13-12-5-4-11(8-12)9-14-7-6-10-2-1-3-10/h10-12,14H,1-9,13H2. The minimum absolute atomic E-state index is 0.494. The van der Waals surface area contributed by atoms with E-state index in [9.17, 15) is 0 Å². The molecule has 0 heterocycles. The van der Waals surface area contributed by atoms with Crippen molar-refractivity contribution in [1.82, 2.24) is 5.32 Å². The lowest BCUT2D eigenvalue weighted by Crippen LogP contribution is -2.26. The Morgan fingerprint density at radius 2 is 1.93 bits per heavy atom. The zero-order chi connectivity index (χ0) is 9.80. The van der Waals surface area contributed by atoms with Gasteiger partial charge >= 0.3 is 0 Å². The molecule has 0 amide bonds. The third-order valence-corrected chi connectivity index (χ3v) is 3.97. The van der Waals surface area contributed by atoms with Gasteiger partial charge in [0.2, 0.25) is 0 Å². The molecule has 2 unspecified atom stereocenters. The van der Waals surface area contributed by atoms with Crippen molar-refractivity contribution in [3.8, 4) is 0 Å². The summed E-state index contributed by atoms with van der Waals surface area (Å²) >= 11 is 0. The van der Waals surface area contributed by atoms with Crippen LogP contribution in [0.5, 0.6) is 0 Å². The summed E-state index contributed by atoms with van der Waals surface area (Å²) in [4.78, 5) is 0. The van der Waals surface area contributed by atoms with Crippen molar-refractivity contribution in [2.24, 2.45) is 17.6 Å². The predicted molar refractivity (Wildman–Crippen MR) is 60.1 cm³/mol. The Bertz CT molecular complexity index is 166. The Labute approximate surface area is 87.6 Å². The lowest BCUT2D eigenvalue weighted by atomic mass is 9.83. The Hall–Kier alpha value is -0.0800. The average Bonchev–Trinajstić information content (AvgIpc) is 2.48. The molecule has 2 heteroatoms. The van der Waals surface area contributed by atoms with E-state index >= 15 is 0 Å². The molecular formula is C12H24N2. The van der Waals surface area contributed by atoms with E-state index in [-0.39, 0.29) is 0 Å². The lowest BCUT2D eigenvalue weighted by Gasteiger charge is -2.25. The zero-order valence-corrected chi connectivity index (χ0v) is 9.17. The highest BCUT2D eigenvalue weighted by Crippen LogP contribution is 2.29. The van der Waals surface area contributed by atoms with Crippen LogP contribution in [-0.4, -0.2) is 19.1 Å². The maximum Gasteiger partial charge on any atom is 0.00420 e. The van der Waals surface area contributed by atoms with E-state index in [0.717, 1.165) is 11.8 Å². The number of nitrogens with one attached hydrogen (secondary N) is 1. The zero-order valence-electron chi connectivity index (χ0n) is 9.17. The van der Waals surface area contributed by atoms with Crippen LogP contribution in [0.1, 0.15) is 44.9 Å². The highest BCUT2D eigenvalue weighted by molar-refractivity contribution is 4.79. The van der Waals surface area contributed by atoms with Crippen LogP contribution in [0.4, 0.5) is 0 Å². The van der Waals surface area contributed by atoms with E-state index in [4.69, 9.17) is 5.73 Å². The van der Waals surface area contributed by atoms with E-state index in [0.29, 0.717) is 6.04 Å². The van der Waals surface area contributed by atoms with Gasteiger partial charge in [-0.3, -0.25) is 0 Å². The number of rotatable bonds is 5. The van der Waals surface area contributed by atoms with Gasteiger partial charge in [-0.15, -0.1) is 0 Å². The molecule has 2 aliphatic carbocycles. The van der Waals surface area contributed by atoms with Crippen molar-refractivity contribution < 1.29 is 0 Å². The topological polar surface area (TPSA) is 38.0 Å². The minimum atomic E-state index is 0.494. The van der Waals surface area contributed by atoms with Crippen molar-refractivity contribution in [1.29, 1.82) is 0 Å². The van der Waals surface area contributed by atoms with Gasteiger partial charge in [0.1, 0.15) is 0 Å². The summed E-state index contributed by atoms with van der Waals surface area (Å²) in [6.07, 6.45) is 9.68. The third kappa shape index (κ3) is 2.96. The molecule has 2 nitrogen and oxygen atoms in total. The monoisotopic (exact) mass is 196 g/mol. The fraction of sp³-hybridized carbons (Fsp3) is 1.00. The first kappa shape index (κ1) is 10.4. The largest absolute Gasteiger partial charge is 0.328 e. The highest BCUT2D eigenvalue weighted by atomic mass is 14.9. The Kier molecular flexibility index (Phi) is 3.82. The summed E-state index contributed by atoms with van der Waals surface area (Å²) < 4.78 is 0. The van der Waals surface area contributed by atoms with Crippen LogP contribution in [-0.2, 0) is 0 Å². The molecule has 0 radical (unpaired) electrons. The molecular weight excluding hydrogens is 172 g/mol. The number of nitrogens with two attached hydrogens (primary N) is 1. The van der Waals surface area contributed by atoms with Crippen LogP contribution >= 0.6 is 0 Å². The molecule has 2 aliphatic rings. The normalized spacial score (nSPS) is 33.2. The van der Waals surface area contributed by atoms with Crippen molar-refractivity contribution in [3.05, 3.63) is 0 Å². The molecule has 0 spiro atoms. The van der Waals surface area contributed by atoms with Gasteiger partial charge in [-0.25, -0.2) is 0 Å². The smallest absolute Gasteiger partial charge is 0.00420 e. The molecule has 2 fully saturated rings. The molecule has 82 valence electrons. The molecule has 0 aromatic heterocycles. The van der Waals surface area contributed by atoms with E-state index in [1.165, 1.54) is 58.0 Å². The van der Waals surface area contributed by atoms with Gasteiger partial charge in [0.15, 0.2) is 0 Å². The Morgan fingerprint density at radius 1 is 1.07 bits per heavy atom. The van der Waals surface area contributed by atoms with Gasteiger partial charge < -0.3 is 11.1 Å². The van der Waals surface area contributed by atoms with Crippen LogP contribution < -0.4 is 11.1 Å². The van der Waals surface area contributed by atoms with Crippen molar-refractivity contribution in [2.45, 2.75) is 51.0 Å². The molecule has 0 aromatic rings. The molecule has 14 heavy (non-hydrogen) atoms. The molecule has 2 rings (SSSR count). The Balaban J connectivity index is 1.46. The van der Waals surface area contributed by atoms with Crippen molar-refractivity contribution >= 4 is 0 Å². The van der Waals surface area contributed by atoms with Crippen LogP contribution in [0, 0.1) is 11.8 Å². The van der Waals surface area contributed by atoms with Gasteiger partial charge in [0.25, 0.3) is 0 Å². The molecule has 3 N–H and O–H groups in total. The minimum Gasteiger partial charge on any atom is -0.328 e. The quantitative estimate of drug-likeness (QED) is 0.659.